The Morgan fingerprint density at radius 1 is 1.27 bits per heavy atom. The molecule has 11 heavy (non-hydrogen) atoms. The van der Waals surface area contributed by atoms with Crippen molar-refractivity contribution >= 4 is 0 Å². The largest absolute Gasteiger partial charge is 0.350 e. The van der Waals surface area contributed by atoms with Crippen molar-refractivity contribution in [2.75, 3.05) is 33.4 Å². The average Bonchev–Trinajstić information content (AvgIpc) is 2.55. The van der Waals surface area contributed by atoms with Crippen molar-refractivity contribution in [3.05, 3.63) is 0 Å². The molecule has 3 nitrogen and oxygen atoms in total. The van der Waals surface area contributed by atoms with Crippen LogP contribution in [0, 0.1) is 5.92 Å². The smallest absolute Gasteiger partial charge is 0.161 e. The zero-order valence-corrected chi connectivity index (χ0v) is 6.95. The van der Waals surface area contributed by atoms with Crippen molar-refractivity contribution < 1.29 is 9.47 Å². The first-order valence-corrected chi connectivity index (χ1v) is 4.28. The van der Waals surface area contributed by atoms with Crippen LogP contribution in [0.2, 0.25) is 0 Å². The Balaban J connectivity index is 1.85. The molecule has 0 bridgehead atoms. The average molecular weight is 157 g/mol. The van der Waals surface area contributed by atoms with Gasteiger partial charge in [-0.15, -0.1) is 0 Å². The first-order chi connectivity index (χ1) is 5.36. The van der Waals surface area contributed by atoms with Crippen LogP contribution in [0.4, 0.5) is 0 Å². The maximum Gasteiger partial charge on any atom is 0.161 e. The lowest BCUT2D eigenvalue weighted by molar-refractivity contribution is -0.0795. The molecule has 2 aliphatic rings. The van der Waals surface area contributed by atoms with Gasteiger partial charge in [0.2, 0.25) is 0 Å². The lowest BCUT2D eigenvalue weighted by atomic mass is 10.1. The maximum absolute atomic E-state index is 5.44. The third-order valence-corrected chi connectivity index (χ3v) is 2.46. The van der Waals surface area contributed by atoms with Gasteiger partial charge in [0.25, 0.3) is 0 Å². The first-order valence-electron chi connectivity index (χ1n) is 4.28. The van der Waals surface area contributed by atoms with E-state index in [1.165, 1.54) is 13.0 Å². The fourth-order valence-corrected chi connectivity index (χ4v) is 1.84. The van der Waals surface area contributed by atoms with Gasteiger partial charge in [0.15, 0.2) is 6.29 Å². The molecule has 2 aliphatic heterocycles. The van der Waals surface area contributed by atoms with Crippen molar-refractivity contribution in [3.8, 4) is 0 Å². The summed E-state index contributed by atoms with van der Waals surface area (Å²) in [6.07, 6.45) is 1.32. The molecular weight excluding hydrogens is 142 g/mol. The fraction of sp³-hybridized carbons (Fsp3) is 1.00. The van der Waals surface area contributed by atoms with Gasteiger partial charge in [-0.3, -0.25) is 0 Å². The molecule has 1 atom stereocenters. The predicted molar refractivity (Wildman–Crippen MR) is 41.3 cm³/mol. The molecule has 2 rings (SSSR count). The van der Waals surface area contributed by atoms with E-state index in [1.807, 2.05) is 0 Å². The van der Waals surface area contributed by atoms with E-state index in [4.69, 9.17) is 9.47 Å². The van der Waals surface area contributed by atoms with Gasteiger partial charge in [-0.25, -0.2) is 0 Å². The third-order valence-electron chi connectivity index (χ3n) is 2.46. The Bertz CT molecular complexity index is 134. The quantitative estimate of drug-likeness (QED) is 0.547. The summed E-state index contributed by atoms with van der Waals surface area (Å²) in [7, 11) is 2.15. The lowest BCUT2D eigenvalue weighted by Gasteiger charge is -2.16. The molecule has 0 N–H and O–H groups in total. The second kappa shape index (κ2) is 3.09. The Labute approximate surface area is 67.3 Å². The number of hydrogen-bond donors (Lipinski definition) is 0. The van der Waals surface area contributed by atoms with E-state index in [-0.39, 0.29) is 6.29 Å². The standard InChI is InChI=1S/C8H15NO2/c1-9-3-2-7(6-9)8-10-4-5-11-8/h7-8H,2-6H2,1H3/t7-/m1/s1. The summed E-state index contributed by atoms with van der Waals surface area (Å²) in [5.41, 5.74) is 0. The summed E-state index contributed by atoms with van der Waals surface area (Å²) in [5, 5.41) is 0. The van der Waals surface area contributed by atoms with Crippen molar-refractivity contribution in [2.45, 2.75) is 12.7 Å². The summed E-state index contributed by atoms with van der Waals surface area (Å²) in [6.45, 7) is 3.88. The molecule has 3 heteroatoms. The Morgan fingerprint density at radius 2 is 2.00 bits per heavy atom. The van der Waals surface area contributed by atoms with E-state index in [2.05, 4.69) is 11.9 Å². The molecule has 2 heterocycles. The molecule has 2 fully saturated rings. The minimum Gasteiger partial charge on any atom is -0.350 e. The molecule has 0 aliphatic carbocycles. The highest BCUT2D eigenvalue weighted by atomic mass is 16.7. The van der Waals surface area contributed by atoms with Gasteiger partial charge >= 0.3 is 0 Å². The number of ether oxygens (including phenoxy) is 2. The molecule has 2 saturated heterocycles. The highest BCUT2D eigenvalue weighted by molar-refractivity contribution is 4.76. The number of nitrogens with zero attached hydrogens (tertiary/aromatic N) is 1. The molecule has 0 spiro atoms. The summed E-state index contributed by atoms with van der Waals surface area (Å²) in [4.78, 5) is 2.33. The highest BCUT2D eigenvalue weighted by Gasteiger charge is 2.31. The molecule has 0 aromatic rings. The van der Waals surface area contributed by atoms with Gasteiger partial charge in [-0.2, -0.15) is 0 Å². The highest BCUT2D eigenvalue weighted by Crippen LogP contribution is 2.23. The van der Waals surface area contributed by atoms with Crippen LogP contribution in [0.15, 0.2) is 0 Å². The summed E-state index contributed by atoms with van der Waals surface area (Å²) in [5.74, 6) is 0.613. The van der Waals surface area contributed by atoms with Gasteiger partial charge in [-0.05, 0) is 20.0 Å². The van der Waals surface area contributed by atoms with Crippen LogP contribution in [0.25, 0.3) is 0 Å². The number of likely N-dealkylation sites (tertiary alicyclic amines) is 1. The maximum atomic E-state index is 5.44. The minimum atomic E-state index is 0.0972. The monoisotopic (exact) mass is 157 g/mol. The summed E-state index contributed by atoms with van der Waals surface area (Å²) in [6, 6.07) is 0. The molecule has 0 amide bonds. The van der Waals surface area contributed by atoms with Crippen molar-refractivity contribution in [1.82, 2.24) is 4.90 Å². The third kappa shape index (κ3) is 1.55. The summed E-state index contributed by atoms with van der Waals surface area (Å²) < 4.78 is 10.9. The van der Waals surface area contributed by atoms with Gasteiger partial charge in [0.1, 0.15) is 0 Å². The lowest BCUT2D eigenvalue weighted by Crippen LogP contribution is -2.24. The van der Waals surface area contributed by atoms with Gasteiger partial charge in [0, 0.05) is 12.5 Å². The van der Waals surface area contributed by atoms with E-state index in [1.54, 1.807) is 0 Å². The van der Waals surface area contributed by atoms with Crippen LogP contribution < -0.4 is 0 Å². The van der Waals surface area contributed by atoms with Crippen molar-refractivity contribution in [2.24, 2.45) is 5.92 Å². The van der Waals surface area contributed by atoms with Gasteiger partial charge in [-0.1, -0.05) is 0 Å². The SMILES string of the molecule is CN1CC[C@@H](C2OCCO2)C1. The Kier molecular flexibility index (Phi) is 2.11. The van der Waals surface area contributed by atoms with Crippen LogP contribution in [0.1, 0.15) is 6.42 Å². The number of hydrogen-bond acceptors (Lipinski definition) is 3. The molecule has 64 valence electrons. The van der Waals surface area contributed by atoms with E-state index < -0.39 is 0 Å². The van der Waals surface area contributed by atoms with E-state index >= 15 is 0 Å². The molecular formula is C8H15NO2. The van der Waals surface area contributed by atoms with Crippen molar-refractivity contribution in [1.29, 1.82) is 0 Å². The van der Waals surface area contributed by atoms with Crippen LogP contribution >= 0.6 is 0 Å². The topological polar surface area (TPSA) is 21.7 Å². The Hall–Kier alpha value is -0.120. The second-order valence-electron chi connectivity index (χ2n) is 3.42. The minimum absolute atomic E-state index is 0.0972. The van der Waals surface area contributed by atoms with Gasteiger partial charge < -0.3 is 14.4 Å². The van der Waals surface area contributed by atoms with E-state index in [9.17, 15) is 0 Å². The molecule has 0 aromatic carbocycles. The summed E-state index contributed by atoms with van der Waals surface area (Å²) >= 11 is 0. The second-order valence-corrected chi connectivity index (χ2v) is 3.42. The molecule has 0 saturated carbocycles. The van der Waals surface area contributed by atoms with Crippen LogP contribution in [0.3, 0.4) is 0 Å². The van der Waals surface area contributed by atoms with Crippen LogP contribution in [-0.4, -0.2) is 44.5 Å². The zero-order chi connectivity index (χ0) is 7.68. The Morgan fingerprint density at radius 3 is 2.55 bits per heavy atom. The van der Waals surface area contributed by atoms with E-state index in [0.29, 0.717) is 5.92 Å². The van der Waals surface area contributed by atoms with E-state index in [0.717, 1.165) is 19.8 Å². The van der Waals surface area contributed by atoms with Crippen LogP contribution in [-0.2, 0) is 9.47 Å². The number of rotatable bonds is 1. The zero-order valence-electron chi connectivity index (χ0n) is 6.95. The first kappa shape index (κ1) is 7.53. The van der Waals surface area contributed by atoms with Gasteiger partial charge in [0.05, 0.1) is 13.2 Å². The van der Waals surface area contributed by atoms with Crippen LogP contribution in [0.5, 0.6) is 0 Å². The predicted octanol–water partition coefficient (Wildman–Crippen LogP) is 0.311. The molecule has 0 radical (unpaired) electrons. The van der Waals surface area contributed by atoms with Crippen molar-refractivity contribution in [3.63, 3.8) is 0 Å². The molecule has 0 unspecified atom stereocenters. The molecule has 0 aromatic heterocycles. The fourth-order valence-electron chi connectivity index (χ4n) is 1.84. The normalized spacial score (nSPS) is 35.2.